The van der Waals surface area contributed by atoms with Crippen LogP contribution < -0.4 is 0 Å². The van der Waals surface area contributed by atoms with Gasteiger partial charge in [-0.25, -0.2) is 0 Å². The van der Waals surface area contributed by atoms with Crippen molar-refractivity contribution >= 4 is 5.97 Å². The molecule has 1 heterocycles. The molecule has 2 atom stereocenters. The van der Waals surface area contributed by atoms with Gasteiger partial charge in [0.1, 0.15) is 6.04 Å². The van der Waals surface area contributed by atoms with E-state index in [1.165, 1.54) is 0 Å². The average Bonchev–Trinajstić information content (AvgIpc) is 2.13. The van der Waals surface area contributed by atoms with E-state index in [0.717, 1.165) is 0 Å². The Hall–Kier alpha value is -1.22. The molecule has 1 saturated heterocycles. The van der Waals surface area contributed by atoms with Crippen LogP contribution >= 0.6 is 0 Å². The molecule has 1 aliphatic heterocycles. The van der Waals surface area contributed by atoms with E-state index in [9.17, 15) is 4.79 Å². The van der Waals surface area contributed by atoms with Gasteiger partial charge < -0.3 is 4.74 Å². The zero-order chi connectivity index (χ0) is 7.56. The Morgan fingerprint density at radius 2 is 2.60 bits per heavy atom. The summed E-state index contributed by atoms with van der Waals surface area (Å²) in [6.07, 6.45) is 0.395. The molecule has 0 amide bonds. The molecule has 0 aromatic carbocycles. The molecule has 0 radical (unpaired) electrons. The van der Waals surface area contributed by atoms with Gasteiger partial charge in [0, 0.05) is 11.3 Å². The minimum Gasteiger partial charge on any atom is -0.462 e. The Morgan fingerprint density at radius 3 is 3.00 bits per heavy atom. The van der Waals surface area contributed by atoms with Gasteiger partial charge in [-0.3, -0.25) is 4.79 Å². The summed E-state index contributed by atoms with van der Waals surface area (Å²) >= 11 is 0. The first kappa shape index (κ1) is 6.89. The highest BCUT2D eigenvalue weighted by atomic mass is 16.6. The highest BCUT2D eigenvalue weighted by Crippen LogP contribution is 2.16. The normalized spacial score (nSPS) is 31.1. The number of nitrogens with zero attached hydrogens (tertiary/aromatic N) is 3. The summed E-state index contributed by atoms with van der Waals surface area (Å²) in [5.41, 5.74) is 7.98. The van der Waals surface area contributed by atoms with Gasteiger partial charge >= 0.3 is 5.97 Å². The van der Waals surface area contributed by atoms with Gasteiger partial charge in [0.15, 0.2) is 0 Å². The summed E-state index contributed by atoms with van der Waals surface area (Å²) in [5, 5.41) is 3.26. The quantitative estimate of drug-likeness (QED) is 0.236. The first-order valence-corrected chi connectivity index (χ1v) is 2.98. The number of esters is 1. The second-order valence-corrected chi connectivity index (χ2v) is 2.20. The molecule has 0 aromatic heterocycles. The second-order valence-electron chi connectivity index (χ2n) is 2.20. The molecular formula is C5H7N3O2. The topological polar surface area (TPSA) is 75.1 Å². The lowest BCUT2D eigenvalue weighted by molar-refractivity contribution is -0.141. The van der Waals surface area contributed by atoms with E-state index in [0.29, 0.717) is 6.42 Å². The molecule has 1 rings (SSSR count). The van der Waals surface area contributed by atoms with Crippen molar-refractivity contribution in [1.29, 1.82) is 0 Å². The van der Waals surface area contributed by atoms with Crippen LogP contribution in [0.2, 0.25) is 0 Å². The zero-order valence-corrected chi connectivity index (χ0v) is 5.52. The highest BCUT2D eigenvalue weighted by molar-refractivity contribution is 5.78. The van der Waals surface area contributed by atoms with Gasteiger partial charge in [0.05, 0.1) is 6.10 Å². The summed E-state index contributed by atoms with van der Waals surface area (Å²) < 4.78 is 4.72. The molecule has 0 N–H and O–H groups in total. The SMILES string of the molecule is C[C@H]1C[C@@H](N=[N+]=[N-])C(=O)O1. The number of rotatable bonds is 1. The van der Waals surface area contributed by atoms with Crippen LogP contribution in [0.15, 0.2) is 5.11 Å². The number of hydrogen-bond acceptors (Lipinski definition) is 3. The number of azide groups is 1. The van der Waals surface area contributed by atoms with Crippen molar-refractivity contribution in [2.24, 2.45) is 5.11 Å². The van der Waals surface area contributed by atoms with Crippen LogP contribution in [0.5, 0.6) is 0 Å². The molecule has 54 valence electrons. The predicted octanol–water partition coefficient (Wildman–Crippen LogP) is 1.00. The van der Waals surface area contributed by atoms with E-state index < -0.39 is 12.0 Å². The lowest BCUT2D eigenvalue weighted by atomic mass is 10.2. The Kier molecular flexibility index (Phi) is 1.78. The molecule has 0 saturated carbocycles. The highest BCUT2D eigenvalue weighted by Gasteiger charge is 2.30. The minimum atomic E-state index is -0.597. The molecule has 0 aliphatic carbocycles. The van der Waals surface area contributed by atoms with Gasteiger partial charge in [-0.1, -0.05) is 5.11 Å². The van der Waals surface area contributed by atoms with E-state index >= 15 is 0 Å². The molecule has 10 heavy (non-hydrogen) atoms. The fraction of sp³-hybridized carbons (Fsp3) is 0.800. The van der Waals surface area contributed by atoms with E-state index in [1.54, 1.807) is 6.92 Å². The second kappa shape index (κ2) is 2.58. The van der Waals surface area contributed by atoms with Crippen molar-refractivity contribution in [1.82, 2.24) is 0 Å². The fourth-order valence-electron chi connectivity index (χ4n) is 0.892. The van der Waals surface area contributed by atoms with Crippen molar-refractivity contribution in [3.8, 4) is 0 Å². The van der Waals surface area contributed by atoms with Gasteiger partial charge in [0.25, 0.3) is 0 Å². The lowest BCUT2D eigenvalue weighted by Gasteiger charge is -1.95. The van der Waals surface area contributed by atoms with Crippen molar-refractivity contribution in [2.45, 2.75) is 25.5 Å². The zero-order valence-electron chi connectivity index (χ0n) is 5.52. The standard InChI is InChI=1S/C5H7N3O2/c1-3-2-4(7-8-6)5(9)10-3/h3-4H,2H2,1H3/t3-,4+/m0/s1. The molecule has 1 aliphatic rings. The number of ether oxygens (including phenoxy) is 1. The van der Waals surface area contributed by atoms with Crippen molar-refractivity contribution in [2.75, 3.05) is 0 Å². The Bertz CT molecular complexity index is 197. The largest absolute Gasteiger partial charge is 0.462 e. The maximum Gasteiger partial charge on any atom is 0.315 e. The maximum absolute atomic E-state index is 10.7. The number of carbonyl (C=O) groups excluding carboxylic acids is 1. The van der Waals surface area contributed by atoms with Crippen LogP contribution in [0.1, 0.15) is 13.3 Å². The van der Waals surface area contributed by atoms with Gasteiger partial charge in [0.2, 0.25) is 0 Å². The van der Waals surface area contributed by atoms with E-state index in [1.807, 2.05) is 0 Å². The van der Waals surface area contributed by atoms with E-state index in [2.05, 4.69) is 10.0 Å². The molecule has 1 fully saturated rings. The predicted molar refractivity (Wildman–Crippen MR) is 33.1 cm³/mol. The molecular weight excluding hydrogens is 134 g/mol. The van der Waals surface area contributed by atoms with E-state index in [4.69, 9.17) is 10.3 Å². The van der Waals surface area contributed by atoms with Crippen LogP contribution in [0.25, 0.3) is 10.4 Å². The maximum atomic E-state index is 10.7. The summed E-state index contributed by atoms with van der Waals surface area (Å²) in [4.78, 5) is 13.2. The van der Waals surface area contributed by atoms with Crippen LogP contribution in [-0.2, 0) is 9.53 Å². The fourth-order valence-corrected chi connectivity index (χ4v) is 0.892. The first-order chi connectivity index (χ1) is 4.74. The van der Waals surface area contributed by atoms with Crippen LogP contribution in [-0.4, -0.2) is 18.1 Å². The summed E-state index contributed by atoms with van der Waals surface area (Å²) in [6.45, 7) is 1.77. The molecule has 0 spiro atoms. The van der Waals surface area contributed by atoms with Crippen molar-refractivity contribution in [3.05, 3.63) is 10.4 Å². The first-order valence-electron chi connectivity index (χ1n) is 2.98. The summed E-state index contributed by atoms with van der Waals surface area (Å²) in [5.74, 6) is -0.412. The van der Waals surface area contributed by atoms with Crippen LogP contribution in [0, 0.1) is 0 Å². The Balaban J connectivity index is 2.63. The molecule has 0 aromatic rings. The minimum absolute atomic E-state index is 0.108. The van der Waals surface area contributed by atoms with Gasteiger partial charge in [-0.2, -0.15) is 0 Å². The third-order valence-corrected chi connectivity index (χ3v) is 1.34. The third-order valence-electron chi connectivity index (χ3n) is 1.34. The van der Waals surface area contributed by atoms with Crippen molar-refractivity contribution in [3.63, 3.8) is 0 Å². The van der Waals surface area contributed by atoms with E-state index in [-0.39, 0.29) is 6.10 Å². The van der Waals surface area contributed by atoms with Crippen LogP contribution in [0.3, 0.4) is 0 Å². The summed E-state index contributed by atoms with van der Waals surface area (Å²) in [7, 11) is 0. The van der Waals surface area contributed by atoms with Gasteiger partial charge in [-0.15, -0.1) is 0 Å². The lowest BCUT2D eigenvalue weighted by Crippen LogP contribution is -2.09. The Morgan fingerprint density at radius 1 is 1.90 bits per heavy atom. The number of cyclic esters (lactones) is 1. The Labute approximate surface area is 57.6 Å². The number of carbonyl (C=O) groups is 1. The summed E-state index contributed by atoms with van der Waals surface area (Å²) in [6, 6.07) is -0.597. The van der Waals surface area contributed by atoms with Crippen LogP contribution in [0.4, 0.5) is 0 Å². The molecule has 0 bridgehead atoms. The monoisotopic (exact) mass is 141 g/mol. The number of hydrogen-bond donors (Lipinski definition) is 0. The molecule has 0 unspecified atom stereocenters. The third kappa shape index (κ3) is 1.19. The smallest absolute Gasteiger partial charge is 0.315 e. The van der Waals surface area contributed by atoms with Crippen molar-refractivity contribution < 1.29 is 9.53 Å². The molecule has 5 heteroatoms. The van der Waals surface area contributed by atoms with Gasteiger partial charge in [-0.05, 0) is 12.5 Å². The molecule has 5 nitrogen and oxygen atoms in total. The average molecular weight is 141 g/mol.